The van der Waals surface area contributed by atoms with E-state index in [1.54, 1.807) is 6.07 Å². The number of methoxy groups -OCH3 is 2. The number of halogens is 1. The first-order valence-electron chi connectivity index (χ1n) is 9.10. The summed E-state index contributed by atoms with van der Waals surface area (Å²) in [5, 5.41) is 3.01. The average molecular weight is 457 g/mol. The molecule has 2 rings (SSSR count). The first-order chi connectivity index (χ1) is 14.2. The van der Waals surface area contributed by atoms with Crippen LogP contribution < -0.4 is 24.2 Å². The number of rotatable bonds is 10. The molecule has 0 fully saturated rings. The molecular formula is C20H25ClN2O6S. The van der Waals surface area contributed by atoms with Gasteiger partial charge in [0.15, 0.2) is 6.61 Å². The summed E-state index contributed by atoms with van der Waals surface area (Å²) in [4.78, 5) is 12.4. The number of hydrogen-bond acceptors (Lipinski definition) is 6. The highest BCUT2D eigenvalue weighted by atomic mass is 35.5. The number of carbonyl (C=O) groups is 1. The van der Waals surface area contributed by atoms with E-state index in [1.807, 2.05) is 13.8 Å². The van der Waals surface area contributed by atoms with Crippen LogP contribution in [0.1, 0.15) is 13.8 Å². The molecule has 164 valence electrons. The van der Waals surface area contributed by atoms with Crippen LogP contribution in [0.2, 0.25) is 5.02 Å². The van der Waals surface area contributed by atoms with Crippen molar-refractivity contribution in [2.24, 2.45) is 5.92 Å². The summed E-state index contributed by atoms with van der Waals surface area (Å²) in [6, 6.07) is 8.89. The molecule has 1 amide bonds. The maximum absolute atomic E-state index is 12.2. The molecule has 0 atom stereocenters. The van der Waals surface area contributed by atoms with Gasteiger partial charge in [-0.25, -0.2) is 13.1 Å². The maximum Gasteiger partial charge on any atom is 0.262 e. The van der Waals surface area contributed by atoms with Crippen molar-refractivity contribution in [3.63, 3.8) is 0 Å². The summed E-state index contributed by atoms with van der Waals surface area (Å²) in [6.45, 7) is 3.89. The number of nitrogens with one attached hydrogen (secondary N) is 2. The molecule has 0 aromatic heterocycles. The predicted octanol–water partition coefficient (Wildman–Crippen LogP) is 3.31. The largest absolute Gasteiger partial charge is 0.495 e. The van der Waals surface area contributed by atoms with Gasteiger partial charge < -0.3 is 19.5 Å². The smallest absolute Gasteiger partial charge is 0.262 e. The van der Waals surface area contributed by atoms with Gasteiger partial charge in [-0.15, -0.1) is 0 Å². The lowest BCUT2D eigenvalue weighted by Gasteiger charge is -2.13. The fourth-order valence-electron chi connectivity index (χ4n) is 2.37. The van der Waals surface area contributed by atoms with E-state index in [9.17, 15) is 13.2 Å². The van der Waals surface area contributed by atoms with E-state index < -0.39 is 15.9 Å². The van der Waals surface area contributed by atoms with E-state index >= 15 is 0 Å². The van der Waals surface area contributed by atoms with Crippen molar-refractivity contribution in [1.82, 2.24) is 4.72 Å². The predicted molar refractivity (Wildman–Crippen MR) is 115 cm³/mol. The van der Waals surface area contributed by atoms with Crippen LogP contribution in [-0.2, 0) is 14.8 Å². The third kappa shape index (κ3) is 6.51. The van der Waals surface area contributed by atoms with Gasteiger partial charge >= 0.3 is 0 Å². The monoisotopic (exact) mass is 456 g/mol. The molecule has 0 aliphatic carbocycles. The normalized spacial score (nSPS) is 11.3. The van der Waals surface area contributed by atoms with Crippen molar-refractivity contribution in [1.29, 1.82) is 0 Å². The maximum atomic E-state index is 12.2. The lowest BCUT2D eigenvalue weighted by molar-refractivity contribution is -0.118. The molecule has 0 bridgehead atoms. The van der Waals surface area contributed by atoms with Crippen LogP contribution in [0.4, 0.5) is 5.69 Å². The minimum Gasteiger partial charge on any atom is -0.495 e. The molecule has 2 aromatic rings. The number of sulfonamides is 1. The van der Waals surface area contributed by atoms with E-state index in [1.165, 1.54) is 44.6 Å². The van der Waals surface area contributed by atoms with E-state index in [0.29, 0.717) is 34.5 Å². The second-order valence-electron chi connectivity index (χ2n) is 6.74. The molecular weight excluding hydrogens is 432 g/mol. The summed E-state index contributed by atoms with van der Waals surface area (Å²) in [6.07, 6.45) is 0. The number of anilines is 1. The molecule has 0 radical (unpaired) electrons. The molecule has 0 saturated heterocycles. The Morgan fingerprint density at radius 2 is 1.70 bits per heavy atom. The Labute approximate surface area is 181 Å². The summed E-state index contributed by atoms with van der Waals surface area (Å²) in [5.41, 5.74) is 0.380. The van der Waals surface area contributed by atoms with E-state index in [-0.39, 0.29) is 17.4 Å². The Hall–Kier alpha value is -2.49. The molecule has 0 unspecified atom stereocenters. The molecule has 10 heteroatoms. The van der Waals surface area contributed by atoms with E-state index in [4.69, 9.17) is 25.8 Å². The van der Waals surface area contributed by atoms with Gasteiger partial charge in [0.1, 0.15) is 17.2 Å². The minimum atomic E-state index is -3.58. The number of hydrogen-bond donors (Lipinski definition) is 2. The van der Waals surface area contributed by atoms with Crippen molar-refractivity contribution < 1.29 is 27.4 Å². The minimum absolute atomic E-state index is 0.123. The summed E-state index contributed by atoms with van der Waals surface area (Å²) in [5.74, 6) is 0.871. The van der Waals surface area contributed by atoms with E-state index in [2.05, 4.69) is 10.0 Å². The van der Waals surface area contributed by atoms with Crippen LogP contribution in [0.3, 0.4) is 0 Å². The van der Waals surface area contributed by atoms with Gasteiger partial charge in [0, 0.05) is 18.7 Å². The Bertz CT molecular complexity index is 978. The Balaban J connectivity index is 1.99. The van der Waals surface area contributed by atoms with Crippen LogP contribution in [0.5, 0.6) is 17.2 Å². The van der Waals surface area contributed by atoms with Crippen molar-refractivity contribution in [3.8, 4) is 17.2 Å². The highest BCUT2D eigenvalue weighted by Crippen LogP contribution is 2.35. The highest BCUT2D eigenvalue weighted by Gasteiger charge is 2.15. The molecule has 8 nitrogen and oxygen atoms in total. The van der Waals surface area contributed by atoms with Crippen molar-refractivity contribution >= 4 is 33.2 Å². The Morgan fingerprint density at radius 3 is 2.27 bits per heavy atom. The van der Waals surface area contributed by atoms with Gasteiger partial charge in [-0.3, -0.25) is 4.79 Å². The van der Waals surface area contributed by atoms with Gasteiger partial charge in [0.25, 0.3) is 5.91 Å². The number of carbonyl (C=O) groups excluding carboxylic acids is 1. The van der Waals surface area contributed by atoms with E-state index in [0.717, 1.165) is 0 Å². The summed E-state index contributed by atoms with van der Waals surface area (Å²) in [7, 11) is -0.666. The lowest BCUT2D eigenvalue weighted by Crippen LogP contribution is -2.27. The molecule has 30 heavy (non-hydrogen) atoms. The van der Waals surface area contributed by atoms with Crippen molar-refractivity contribution in [2.45, 2.75) is 18.7 Å². The van der Waals surface area contributed by atoms with Crippen LogP contribution in [0, 0.1) is 5.92 Å². The molecule has 0 saturated carbocycles. The standard InChI is InChI=1S/C20H25ClN2O6S/c1-13(2)11-22-30(25,26)15-7-5-14(6-8-15)29-12-20(24)23-17-10-18(27-3)16(21)9-19(17)28-4/h5-10,13,22H,11-12H2,1-4H3,(H,23,24). The van der Waals surface area contributed by atoms with Crippen molar-refractivity contribution in [2.75, 3.05) is 32.7 Å². The third-order valence-corrected chi connectivity index (χ3v) is 5.67. The second-order valence-corrected chi connectivity index (χ2v) is 8.92. The Morgan fingerprint density at radius 1 is 1.07 bits per heavy atom. The summed E-state index contributed by atoms with van der Waals surface area (Å²) >= 11 is 6.05. The van der Waals surface area contributed by atoms with Crippen molar-refractivity contribution in [3.05, 3.63) is 41.4 Å². The fourth-order valence-corrected chi connectivity index (χ4v) is 3.81. The first-order valence-corrected chi connectivity index (χ1v) is 11.0. The quantitative estimate of drug-likeness (QED) is 0.568. The van der Waals surface area contributed by atoms with Gasteiger partial charge in [-0.2, -0.15) is 0 Å². The summed E-state index contributed by atoms with van der Waals surface area (Å²) < 4.78 is 42.7. The Kier molecular flexibility index (Phi) is 8.33. The number of benzene rings is 2. The lowest BCUT2D eigenvalue weighted by atomic mass is 10.2. The fraction of sp³-hybridized carbons (Fsp3) is 0.350. The zero-order valence-corrected chi connectivity index (χ0v) is 18.8. The zero-order chi connectivity index (χ0) is 22.3. The highest BCUT2D eigenvalue weighted by molar-refractivity contribution is 7.89. The van der Waals surface area contributed by atoms with Gasteiger partial charge in [0.05, 0.1) is 29.8 Å². The number of ether oxygens (including phenoxy) is 3. The van der Waals surface area contributed by atoms with Gasteiger partial charge in [-0.05, 0) is 30.2 Å². The first kappa shape index (κ1) is 23.8. The molecule has 2 N–H and O–H groups in total. The topological polar surface area (TPSA) is 103 Å². The molecule has 0 heterocycles. The van der Waals surface area contributed by atoms with Crippen LogP contribution >= 0.6 is 11.6 Å². The molecule has 0 aliphatic rings. The SMILES string of the molecule is COc1cc(NC(=O)COc2ccc(S(=O)(=O)NCC(C)C)cc2)c(OC)cc1Cl. The zero-order valence-electron chi connectivity index (χ0n) is 17.2. The van der Waals surface area contributed by atoms with Crippen LogP contribution in [0.15, 0.2) is 41.3 Å². The molecule has 0 spiro atoms. The molecule has 0 aliphatic heterocycles. The third-order valence-electron chi connectivity index (χ3n) is 3.93. The average Bonchev–Trinajstić information content (AvgIpc) is 2.72. The van der Waals surface area contributed by atoms with Crippen LogP contribution in [-0.4, -0.2) is 41.7 Å². The number of amides is 1. The van der Waals surface area contributed by atoms with Gasteiger partial charge in [0.2, 0.25) is 10.0 Å². The second kappa shape index (κ2) is 10.5. The van der Waals surface area contributed by atoms with Crippen LogP contribution in [0.25, 0.3) is 0 Å². The van der Waals surface area contributed by atoms with Gasteiger partial charge in [-0.1, -0.05) is 25.4 Å². The molecule has 2 aromatic carbocycles.